The van der Waals surface area contributed by atoms with Gasteiger partial charge in [0.2, 0.25) is 5.91 Å². The summed E-state index contributed by atoms with van der Waals surface area (Å²) in [5, 5.41) is 11.6. The number of nitrogens with one attached hydrogen (secondary N) is 3. The van der Waals surface area contributed by atoms with Crippen LogP contribution >= 0.6 is 35.3 Å². The maximum atomic E-state index is 13.2. The van der Waals surface area contributed by atoms with E-state index >= 15 is 0 Å². The van der Waals surface area contributed by atoms with Crippen LogP contribution in [0.2, 0.25) is 0 Å². The molecule has 3 N–H and O–H groups in total. The first kappa shape index (κ1) is 30.1. The van der Waals surface area contributed by atoms with Gasteiger partial charge in [-0.1, -0.05) is 48.0 Å². The number of ether oxygens (including phenoxy) is 2. The van der Waals surface area contributed by atoms with Crippen LogP contribution < -0.4 is 20.7 Å². The lowest BCUT2D eigenvalue weighted by atomic mass is 10.0. The van der Waals surface area contributed by atoms with Gasteiger partial charge >= 0.3 is 5.97 Å². The van der Waals surface area contributed by atoms with E-state index in [9.17, 15) is 9.59 Å². The summed E-state index contributed by atoms with van der Waals surface area (Å²) in [7, 11) is 1.61. The molecular weight excluding hydrogens is 575 g/mol. The number of aryl methyl sites for hydroxylation is 1. The van der Waals surface area contributed by atoms with Crippen molar-refractivity contribution >= 4 is 68.7 Å². The van der Waals surface area contributed by atoms with Gasteiger partial charge in [0.15, 0.2) is 5.11 Å². The van der Waals surface area contributed by atoms with E-state index in [-0.39, 0.29) is 12.5 Å². The highest BCUT2D eigenvalue weighted by molar-refractivity contribution is 8.00. The van der Waals surface area contributed by atoms with Gasteiger partial charge in [-0.25, -0.2) is 4.79 Å². The van der Waals surface area contributed by atoms with Crippen LogP contribution in [0.25, 0.3) is 11.1 Å². The molecule has 1 aromatic heterocycles. The second kappa shape index (κ2) is 14.2. The van der Waals surface area contributed by atoms with Gasteiger partial charge in [-0.15, -0.1) is 23.1 Å². The first-order valence-corrected chi connectivity index (χ1v) is 15.1. The molecule has 0 radical (unpaired) electrons. The van der Waals surface area contributed by atoms with Crippen LogP contribution in [0, 0.1) is 6.92 Å². The molecular formula is C31H31N3O4S3. The van der Waals surface area contributed by atoms with Crippen LogP contribution in [0.15, 0.2) is 83.1 Å². The lowest BCUT2D eigenvalue weighted by molar-refractivity contribution is -0.115. The molecule has 0 fully saturated rings. The second-order valence-corrected chi connectivity index (χ2v) is 11.7. The fraction of sp³-hybridized carbons (Fsp3) is 0.194. The van der Waals surface area contributed by atoms with Crippen molar-refractivity contribution in [3.63, 3.8) is 0 Å². The lowest BCUT2D eigenvalue weighted by Gasteiger charge is -2.15. The Balaban J connectivity index is 1.43. The zero-order chi connectivity index (χ0) is 29.4. The number of para-hydroxylation sites is 2. The molecule has 0 bridgehead atoms. The van der Waals surface area contributed by atoms with Gasteiger partial charge in [0, 0.05) is 21.5 Å². The average molecular weight is 606 g/mol. The third kappa shape index (κ3) is 7.87. The molecule has 212 valence electrons. The van der Waals surface area contributed by atoms with Crippen molar-refractivity contribution in [2.24, 2.45) is 0 Å². The molecule has 0 aliphatic heterocycles. The number of rotatable bonds is 10. The summed E-state index contributed by atoms with van der Waals surface area (Å²) in [6.07, 6.45) is 0. The Hall–Kier alpha value is -3.86. The van der Waals surface area contributed by atoms with Crippen molar-refractivity contribution in [2.45, 2.75) is 30.9 Å². The number of hydrogen-bond acceptors (Lipinski definition) is 7. The number of methoxy groups -OCH3 is 1. The number of benzene rings is 3. The number of thioether (sulfide) groups is 1. The molecule has 1 unspecified atom stereocenters. The second-order valence-electron chi connectivity index (χ2n) is 9.00. The summed E-state index contributed by atoms with van der Waals surface area (Å²) >= 11 is 8.20. The Morgan fingerprint density at radius 3 is 2.49 bits per heavy atom. The highest BCUT2D eigenvalue weighted by Gasteiger charge is 2.24. The lowest BCUT2D eigenvalue weighted by Crippen LogP contribution is -2.23. The number of esters is 1. The standard InChI is InChI=1S/C31H31N3O4S3/c1-5-38-30(36)27-24(21-15-13-19(2)14-16-21)18-40-29(27)34-28(35)20(3)41-23-10-8-9-22(17-23)32-31(39)33-25-11-6-7-12-26(25)37-4/h6-18,20H,5H2,1-4H3,(H,34,35)(H2,32,33,39). The van der Waals surface area contributed by atoms with Gasteiger partial charge in [-0.3, -0.25) is 4.79 Å². The van der Waals surface area contributed by atoms with E-state index in [1.54, 1.807) is 14.0 Å². The Labute approximate surface area is 253 Å². The molecule has 3 aromatic carbocycles. The summed E-state index contributed by atoms with van der Waals surface area (Å²) in [5.74, 6) is 0.00428. The molecule has 1 atom stereocenters. The van der Waals surface area contributed by atoms with Gasteiger partial charge in [0.1, 0.15) is 16.3 Å². The van der Waals surface area contributed by atoms with Crippen LogP contribution in [0.3, 0.4) is 0 Å². The first-order valence-electron chi connectivity index (χ1n) is 12.9. The number of amides is 1. The number of carbonyl (C=O) groups excluding carboxylic acids is 2. The largest absolute Gasteiger partial charge is 0.495 e. The Kier molecular flexibility index (Phi) is 10.4. The van der Waals surface area contributed by atoms with Crippen molar-refractivity contribution in [1.82, 2.24) is 0 Å². The van der Waals surface area contributed by atoms with Crippen molar-refractivity contribution in [2.75, 3.05) is 29.7 Å². The van der Waals surface area contributed by atoms with E-state index in [0.717, 1.165) is 33.0 Å². The minimum Gasteiger partial charge on any atom is -0.495 e. The summed E-state index contributed by atoms with van der Waals surface area (Å²) in [6, 6.07) is 23.1. The molecule has 10 heteroatoms. The molecule has 4 aromatic rings. The van der Waals surface area contributed by atoms with E-state index < -0.39 is 11.2 Å². The number of thiophene rings is 1. The van der Waals surface area contributed by atoms with Crippen LogP contribution in [-0.4, -0.2) is 36.0 Å². The molecule has 1 heterocycles. The zero-order valence-corrected chi connectivity index (χ0v) is 25.6. The number of thiocarbonyl (C=S) groups is 1. The maximum absolute atomic E-state index is 13.2. The maximum Gasteiger partial charge on any atom is 0.341 e. The summed E-state index contributed by atoms with van der Waals surface area (Å²) in [4.78, 5) is 27.0. The monoisotopic (exact) mass is 605 g/mol. The van der Waals surface area contributed by atoms with Crippen molar-refractivity contribution < 1.29 is 19.1 Å². The van der Waals surface area contributed by atoms with Crippen molar-refractivity contribution in [3.8, 4) is 16.9 Å². The Morgan fingerprint density at radius 1 is 1.00 bits per heavy atom. The molecule has 41 heavy (non-hydrogen) atoms. The van der Waals surface area contributed by atoms with Crippen molar-refractivity contribution in [1.29, 1.82) is 0 Å². The Morgan fingerprint density at radius 2 is 1.76 bits per heavy atom. The number of anilines is 3. The molecule has 7 nitrogen and oxygen atoms in total. The fourth-order valence-electron chi connectivity index (χ4n) is 3.95. The first-order chi connectivity index (χ1) is 19.8. The van der Waals surface area contributed by atoms with E-state index in [2.05, 4.69) is 16.0 Å². The number of carbonyl (C=O) groups is 2. The quantitative estimate of drug-likeness (QED) is 0.0957. The minimum absolute atomic E-state index is 0.218. The topological polar surface area (TPSA) is 88.7 Å². The molecule has 0 saturated heterocycles. The highest BCUT2D eigenvalue weighted by atomic mass is 32.2. The average Bonchev–Trinajstić information content (AvgIpc) is 3.37. The highest BCUT2D eigenvalue weighted by Crippen LogP contribution is 2.37. The van der Waals surface area contributed by atoms with E-state index in [0.29, 0.717) is 21.4 Å². The molecule has 1 amide bonds. The number of hydrogen-bond donors (Lipinski definition) is 3. The summed E-state index contributed by atoms with van der Waals surface area (Å²) in [6.45, 7) is 5.83. The van der Waals surface area contributed by atoms with Crippen LogP contribution in [0.4, 0.5) is 16.4 Å². The predicted octanol–water partition coefficient (Wildman–Crippen LogP) is 7.84. The van der Waals surface area contributed by atoms with Crippen LogP contribution in [0.5, 0.6) is 5.75 Å². The summed E-state index contributed by atoms with van der Waals surface area (Å²) < 4.78 is 10.7. The molecule has 0 saturated carbocycles. The molecule has 4 rings (SSSR count). The normalized spacial score (nSPS) is 11.3. The zero-order valence-electron chi connectivity index (χ0n) is 23.1. The minimum atomic E-state index is -0.462. The van der Waals surface area contributed by atoms with E-state index in [1.807, 2.05) is 92.0 Å². The predicted molar refractivity (Wildman–Crippen MR) is 174 cm³/mol. The Bertz CT molecular complexity index is 1540. The van der Waals surface area contributed by atoms with Gasteiger partial charge in [-0.05, 0) is 68.9 Å². The van der Waals surface area contributed by atoms with Crippen molar-refractivity contribution in [3.05, 3.63) is 89.3 Å². The van der Waals surface area contributed by atoms with E-state index in [4.69, 9.17) is 21.7 Å². The van der Waals surface area contributed by atoms with E-state index in [1.165, 1.54) is 23.1 Å². The third-order valence-electron chi connectivity index (χ3n) is 6.00. The van der Waals surface area contributed by atoms with Gasteiger partial charge < -0.3 is 25.4 Å². The smallest absolute Gasteiger partial charge is 0.341 e. The van der Waals surface area contributed by atoms with Crippen LogP contribution in [0.1, 0.15) is 29.8 Å². The molecule has 0 aliphatic carbocycles. The van der Waals surface area contributed by atoms with Gasteiger partial charge in [0.05, 0.1) is 24.7 Å². The van der Waals surface area contributed by atoms with Crippen LogP contribution in [-0.2, 0) is 9.53 Å². The molecule has 0 spiro atoms. The third-order valence-corrected chi connectivity index (χ3v) is 8.19. The SMILES string of the molecule is CCOC(=O)c1c(-c2ccc(C)cc2)csc1NC(=O)C(C)Sc1cccc(NC(=S)Nc2ccccc2OC)c1. The molecule has 0 aliphatic rings. The van der Waals surface area contributed by atoms with Gasteiger partial charge in [0.25, 0.3) is 0 Å². The van der Waals surface area contributed by atoms with Gasteiger partial charge in [-0.2, -0.15) is 0 Å². The summed E-state index contributed by atoms with van der Waals surface area (Å²) in [5.41, 5.74) is 4.65. The fourth-order valence-corrected chi connectivity index (χ4v) is 6.07.